The summed E-state index contributed by atoms with van der Waals surface area (Å²) in [6.45, 7) is 0.0936. The smallest absolute Gasteiger partial charge is 0.406 e. The van der Waals surface area contributed by atoms with Crippen LogP contribution in [0.2, 0.25) is 0 Å². The molecular weight excluding hydrogens is 431 g/mol. The summed E-state index contributed by atoms with van der Waals surface area (Å²) in [6.07, 6.45) is -2.56. The van der Waals surface area contributed by atoms with E-state index in [4.69, 9.17) is 11.6 Å². The molecule has 0 unspecified atom stereocenters. The van der Waals surface area contributed by atoms with Gasteiger partial charge in [0.15, 0.2) is 0 Å². The molecule has 0 atom stereocenters. The Kier molecular flexibility index (Phi) is 5.54. The van der Waals surface area contributed by atoms with E-state index in [0.717, 1.165) is 22.9 Å². The highest BCUT2D eigenvalue weighted by Crippen LogP contribution is 2.41. The maximum Gasteiger partial charge on any atom is 0.573 e. The van der Waals surface area contributed by atoms with Crippen molar-refractivity contribution in [1.82, 2.24) is 15.2 Å². The number of aromatic nitrogens is 2. The molecule has 1 amide bonds. The number of nitrogens with two attached hydrogens (primary N) is 2. The number of halogens is 3. The number of carbonyl (C=O) groups is 1. The quantitative estimate of drug-likeness (QED) is 0.254. The van der Waals surface area contributed by atoms with Gasteiger partial charge in [-0.25, -0.2) is 5.84 Å². The number of anilines is 1. The first kappa shape index (κ1) is 21.1. The molecule has 0 radical (unpaired) electrons. The highest BCUT2D eigenvalue weighted by atomic mass is 32.1. The van der Waals surface area contributed by atoms with Gasteiger partial charge >= 0.3 is 6.36 Å². The van der Waals surface area contributed by atoms with Crippen LogP contribution in [-0.4, -0.2) is 27.5 Å². The number of hydrogen-bond donors (Lipinski definition) is 2. The summed E-state index contributed by atoms with van der Waals surface area (Å²) < 4.78 is 40.9. The first-order valence-corrected chi connectivity index (χ1v) is 10.2. The van der Waals surface area contributed by atoms with E-state index in [9.17, 15) is 18.0 Å². The lowest BCUT2D eigenvalue weighted by molar-refractivity contribution is -0.274. The average Bonchev–Trinajstić information content (AvgIpc) is 3.46. The van der Waals surface area contributed by atoms with Crippen molar-refractivity contribution in [2.45, 2.75) is 31.7 Å². The van der Waals surface area contributed by atoms with Gasteiger partial charge in [-0.05, 0) is 48.2 Å². The molecule has 0 spiro atoms. The zero-order valence-electron chi connectivity index (χ0n) is 16.1. The van der Waals surface area contributed by atoms with Crippen molar-refractivity contribution < 1.29 is 22.7 Å². The third-order valence-corrected chi connectivity index (χ3v) is 5.75. The van der Waals surface area contributed by atoms with Gasteiger partial charge < -0.3 is 10.5 Å². The zero-order chi connectivity index (χ0) is 22.2. The normalized spacial score (nSPS) is 13.8. The molecule has 0 bridgehead atoms. The average molecular weight is 449 g/mol. The van der Waals surface area contributed by atoms with Crippen LogP contribution in [0.1, 0.15) is 39.1 Å². The van der Waals surface area contributed by atoms with Crippen molar-refractivity contribution in [3.63, 3.8) is 0 Å². The molecule has 7 nitrogen and oxygen atoms in total. The number of nitrogens with zero attached hydrogens (tertiary/aromatic N) is 3. The number of rotatable bonds is 6. The minimum absolute atomic E-state index is 0.0936. The Morgan fingerprint density at radius 2 is 1.81 bits per heavy atom. The second-order valence-electron chi connectivity index (χ2n) is 7.12. The number of ether oxygens (including phenoxy) is 1. The van der Waals surface area contributed by atoms with Crippen LogP contribution in [0.15, 0.2) is 42.5 Å². The second kappa shape index (κ2) is 8.16. The van der Waals surface area contributed by atoms with Crippen molar-refractivity contribution in [2.24, 2.45) is 5.84 Å². The highest BCUT2D eigenvalue weighted by molar-refractivity contribution is 7.11. The molecule has 4 N–H and O–H groups in total. The first-order chi connectivity index (χ1) is 14.7. The minimum Gasteiger partial charge on any atom is -0.406 e. The highest BCUT2D eigenvalue weighted by Gasteiger charge is 2.31. The minimum atomic E-state index is -4.76. The van der Waals surface area contributed by atoms with E-state index in [1.807, 2.05) is 0 Å². The van der Waals surface area contributed by atoms with E-state index in [1.54, 1.807) is 18.2 Å². The molecule has 0 aliphatic heterocycles. The molecule has 1 aliphatic carbocycles. The van der Waals surface area contributed by atoms with E-state index in [2.05, 4.69) is 14.9 Å². The molecule has 4 rings (SSSR count). The number of hydrogen-bond acceptors (Lipinski definition) is 7. The fourth-order valence-corrected chi connectivity index (χ4v) is 3.98. The molecular formula is C20H18F3N5O2S. The summed E-state index contributed by atoms with van der Waals surface area (Å²) in [4.78, 5) is 12.8. The Hall–Kier alpha value is -3.18. The van der Waals surface area contributed by atoms with Crippen molar-refractivity contribution in [2.75, 3.05) is 5.73 Å². The summed E-state index contributed by atoms with van der Waals surface area (Å²) in [7, 11) is 0. The van der Waals surface area contributed by atoms with Gasteiger partial charge in [-0.15, -0.1) is 23.4 Å². The van der Waals surface area contributed by atoms with E-state index in [-0.39, 0.29) is 23.5 Å². The summed E-state index contributed by atoms with van der Waals surface area (Å²) in [5.74, 6) is 5.59. The van der Waals surface area contributed by atoms with Crippen LogP contribution < -0.4 is 16.3 Å². The van der Waals surface area contributed by atoms with Crippen LogP contribution >= 0.6 is 11.3 Å². The number of alkyl halides is 3. The zero-order valence-corrected chi connectivity index (χ0v) is 16.9. The number of hydrazine groups is 1. The molecule has 11 heteroatoms. The standard InChI is InChI=1S/C20H18F3N5O2S/c21-20(22,23)30-14-6-3-11(4-7-14)13-5-8-16(24)15(9-13)19(29)28(25)10-17-26-27-18(31-17)12-1-2-12/h3-9,12H,1-2,10,24-25H2. The molecule has 1 aliphatic rings. The molecule has 0 saturated heterocycles. The van der Waals surface area contributed by atoms with Crippen molar-refractivity contribution in [1.29, 1.82) is 0 Å². The van der Waals surface area contributed by atoms with Crippen LogP contribution in [0.4, 0.5) is 18.9 Å². The molecule has 2 aromatic carbocycles. The predicted octanol–water partition coefficient (Wildman–Crippen LogP) is 4.08. The van der Waals surface area contributed by atoms with Gasteiger partial charge in [-0.2, -0.15) is 0 Å². The topological polar surface area (TPSA) is 107 Å². The number of nitrogen functional groups attached to an aromatic ring is 1. The van der Waals surface area contributed by atoms with E-state index in [0.29, 0.717) is 22.1 Å². The lowest BCUT2D eigenvalue weighted by Crippen LogP contribution is -2.37. The number of amides is 1. The van der Waals surface area contributed by atoms with E-state index in [1.165, 1.54) is 35.6 Å². The van der Waals surface area contributed by atoms with Gasteiger partial charge in [0.2, 0.25) is 0 Å². The van der Waals surface area contributed by atoms with Gasteiger partial charge in [-0.3, -0.25) is 9.80 Å². The molecule has 1 heterocycles. The fourth-order valence-electron chi connectivity index (χ4n) is 2.97. The van der Waals surface area contributed by atoms with Crippen LogP contribution in [0.25, 0.3) is 11.1 Å². The van der Waals surface area contributed by atoms with Gasteiger partial charge in [0.05, 0.1) is 12.1 Å². The van der Waals surface area contributed by atoms with Crippen molar-refractivity contribution in [3.05, 3.63) is 58.0 Å². The Morgan fingerprint density at radius 3 is 2.45 bits per heavy atom. The predicted molar refractivity (Wildman–Crippen MR) is 109 cm³/mol. The molecule has 1 fully saturated rings. The third-order valence-electron chi connectivity index (χ3n) is 4.68. The van der Waals surface area contributed by atoms with Crippen molar-refractivity contribution in [3.8, 4) is 16.9 Å². The SMILES string of the molecule is Nc1ccc(-c2ccc(OC(F)(F)F)cc2)cc1C(=O)N(N)Cc1nnc(C2CC2)s1. The monoisotopic (exact) mass is 449 g/mol. The Morgan fingerprint density at radius 1 is 1.13 bits per heavy atom. The molecule has 31 heavy (non-hydrogen) atoms. The lowest BCUT2D eigenvalue weighted by Gasteiger charge is -2.17. The maximum atomic E-state index is 12.8. The summed E-state index contributed by atoms with van der Waals surface area (Å²) in [5, 5.41) is 10.8. The van der Waals surface area contributed by atoms with Crippen LogP contribution in [0.5, 0.6) is 5.75 Å². The summed E-state index contributed by atoms with van der Waals surface area (Å²) in [6, 6.07) is 10.1. The number of carbonyl (C=O) groups excluding carboxylic acids is 1. The first-order valence-electron chi connectivity index (χ1n) is 9.34. The molecule has 1 aromatic heterocycles. The van der Waals surface area contributed by atoms with Crippen LogP contribution in [-0.2, 0) is 6.54 Å². The fraction of sp³-hybridized carbons (Fsp3) is 0.250. The van der Waals surface area contributed by atoms with Crippen molar-refractivity contribution >= 4 is 22.9 Å². The second-order valence-corrected chi connectivity index (χ2v) is 8.21. The maximum absolute atomic E-state index is 12.8. The van der Waals surface area contributed by atoms with E-state index < -0.39 is 12.3 Å². The van der Waals surface area contributed by atoms with E-state index >= 15 is 0 Å². The third kappa shape index (κ3) is 5.12. The largest absolute Gasteiger partial charge is 0.573 e. The van der Waals surface area contributed by atoms with Gasteiger partial charge in [-0.1, -0.05) is 29.5 Å². The van der Waals surface area contributed by atoms with Gasteiger partial charge in [0.1, 0.15) is 15.8 Å². The van der Waals surface area contributed by atoms with Crippen LogP contribution in [0.3, 0.4) is 0 Å². The molecule has 1 saturated carbocycles. The Bertz CT molecular complexity index is 1100. The summed E-state index contributed by atoms with van der Waals surface area (Å²) in [5.41, 5.74) is 7.57. The molecule has 3 aromatic rings. The lowest BCUT2D eigenvalue weighted by atomic mass is 10.0. The van der Waals surface area contributed by atoms with Gasteiger partial charge in [0.25, 0.3) is 5.91 Å². The molecule has 162 valence electrons. The summed E-state index contributed by atoms with van der Waals surface area (Å²) >= 11 is 1.43. The van der Waals surface area contributed by atoms with Crippen LogP contribution in [0, 0.1) is 0 Å². The number of benzene rings is 2. The Balaban J connectivity index is 1.50. The Labute approximate surface area is 179 Å². The van der Waals surface area contributed by atoms with Gasteiger partial charge in [0, 0.05) is 11.6 Å².